The number of aliphatic hydroxyl groups is 3. The molecule has 0 aliphatic carbocycles. The summed E-state index contributed by atoms with van der Waals surface area (Å²) in [6, 6.07) is 0. The van der Waals surface area contributed by atoms with Gasteiger partial charge in [-0.05, 0) is 16.6 Å². The van der Waals surface area contributed by atoms with E-state index >= 15 is 0 Å². The molecular formula is C16H30O5Si. The maximum Gasteiger partial charge on any atom is 0.200 e. The summed E-state index contributed by atoms with van der Waals surface area (Å²) >= 11 is 0. The summed E-state index contributed by atoms with van der Waals surface area (Å²) < 4.78 is 11.6. The first-order chi connectivity index (χ1) is 10.0. The summed E-state index contributed by atoms with van der Waals surface area (Å²) in [6.07, 6.45) is 1.37. The third-order valence-corrected chi connectivity index (χ3v) is 11.0. The maximum absolute atomic E-state index is 10.4. The Morgan fingerprint density at radius 2 is 1.59 bits per heavy atom. The van der Waals surface area contributed by atoms with Crippen molar-refractivity contribution in [1.29, 1.82) is 0 Å². The molecule has 0 bridgehead atoms. The van der Waals surface area contributed by atoms with Crippen LogP contribution in [-0.4, -0.2) is 54.3 Å². The van der Waals surface area contributed by atoms with Crippen LogP contribution in [0.15, 0.2) is 0 Å². The molecule has 1 rings (SSSR count). The fraction of sp³-hybridized carbons (Fsp3) is 0.875. The molecule has 0 radical (unpaired) electrons. The topological polar surface area (TPSA) is 79.2 Å². The van der Waals surface area contributed by atoms with Gasteiger partial charge in [0.15, 0.2) is 20.2 Å². The highest BCUT2D eigenvalue weighted by atomic mass is 28.4. The molecule has 3 N–H and O–H groups in total. The lowest BCUT2D eigenvalue weighted by atomic mass is 9.94. The van der Waals surface area contributed by atoms with Gasteiger partial charge < -0.3 is 24.5 Å². The quantitative estimate of drug-likeness (QED) is 0.509. The van der Waals surface area contributed by atoms with Crippen LogP contribution in [0, 0.1) is 12.3 Å². The summed E-state index contributed by atoms with van der Waals surface area (Å²) in [7, 11) is -2.14. The molecule has 0 aromatic carbocycles. The Balaban J connectivity index is 2.97. The number of terminal acetylenes is 1. The van der Waals surface area contributed by atoms with Gasteiger partial charge in [-0.3, -0.25) is 0 Å². The smallest absolute Gasteiger partial charge is 0.200 e. The van der Waals surface area contributed by atoms with E-state index in [1.165, 1.54) is 0 Å². The second-order valence-electron chi connectivity index (χ2n) is 7.06. The zero-order valence-electron chi connectivity index (χ0n) is 14.4. The monoisotopic (exact) mass is 330 g/mol. The maximum atomic E-state index is 10.4. The van der Waals surface area contributed by atoms with Crippen LogP contribution in [0.25, 0.3) is 0 Å². The molecule has 1 saturated heterocycles. The van der Waals surface area contributed by atoms with E-state index in [1.54, 1.807) is 0 Å². The molecule has 1 aliphatic rings. The summed E-state index contributed by atoms with van der Waals surface area (Å²) in [5.74, 6) is 2.15. The molecule has 1 fully saturated rings. The Morgan fingerprint density at radius 1 is 1.14 bits per heavy atom. The second kappa shape index (κ2) is 6.99. The molecule has 22 heavy (non-hydrogen) atoms. The molecule has 0 amide bonds. The van der Waals surface area contributed by atoms with Gasteiger partial charge in [0, 0.05) is 0 Å². The predicted octanol–water partition coefficient (Wildman–Crippen LogP) is 1.62. The molecule has 128 valence electrons. The third kappa shape index (κ3) is 3.11. The predicted molar refractivity (Wildman–Crippen MR) is 87.7 cm³/mol. The van der Waals surface area contributed by atoms with E-state index in [0.717, 1.165) is 0 Å². The van der Waals surface area contributed by atoms with E-state index in [0.29, 0.717) is 16.6 Å². The first-order valence-corrected chi connectivity index (χ1v) is 10.0. The van der Waals surface area contributed by atoms with Crippen LogP contribution in [0.5, 0.6) is 0 Å². The zero-order valence-corrected chi connectivity index (χ0v) is 15.4. The Morgan fingerprint density at radius 3 is 1.95 bits per heavy atom. The number of hydrogen-bond acceptors (Lipinski definition) is 5. The van der Waals surface area contributed by atoms with E-state index in [-0.39, 0.29) is 6.61 Å². The van der Waals surface area contributed by atoms with Gasteiger partial charge in [-0.2, -0.15) is 0 Å². The molecule has 0 saturated carbocycles. The first kappa shape index (κ1) is 19.6. The number of rotatable bonds is 6. The van der Waals surface area contributed by atoms with E-state index in [9.17, 15) is 15.3 Å². The molecule has 0 aromatic rings. The van der Waals surface area contributed by atoms with E-state index < -0.39 is 32.4 Å². The van der Waals surface area contributed by atoms with Crippen LogP contribution in [0.4, 0.5) is 0 Å². The Kier molecular flexibility index (Phi) is 6.24. The molecule has 4 atom stereocenters. The molecule has 6 heteroatoms. The SMILES string of the molecule is C#C[C@@]1(O)[C@@H](CO[Si](C(C)C)(C(C)C)C(C)C)O[C@@H](O)[C@@H]1O. The molecule has 0 aromatic heterocycles. The summed E-state index contributed by atoms with van der Waals surface area (Å²) in [5.41, 5.74) is -0.794. The molecule has 1 aliphatic heterocycles. The van der Waals surface area contributed by atoms with Crippen molar-refractivity contribution in [1.82, 2.24) is 0 Å². The van der Waals surface area contributed by atoms with Crippen LogP contribution in [-0.2, 0) is 9.16 Å². The molecule has 5 nitrogen and oxygen atoms in total. The number of aliphatic hydroxyl groups excluding tert-OH is 2. The minimum atomic E-state index is -2.14. The first-order valence-electron chi connectivity index (χ1n) is 7.89. The van der Waals surface area contributed by atoms with Gasteiger partial charge in [0.05, 0.1) is 6.61 Å². The van der Waals surface area contributed by atoms with Gasteiger partial charge in [-0.25, -0.2) is 0 Å². The summed E-state index contributed by atoms with van der Waals surface area (Å²) in [6.45, 7) is 13.0. The minimum absolute atomic E-state index is 0.0651. The van der Waals surface area contributed by atoms with Crippen molar-refractivity contribution in [3.8, 4) is 12.3 Å². The van der Waals surface area contributed by atoms with Crippen molar-refractivity contribution < 1.29 is 24.5 Å². The summed E-state index contributed by atoms with van der Waals surface area (Å²) in [4.78, 5) is 0. The molecule has 0 spiro atoms. The highest BCUT2D eigenvalue weighted by molar-refractivity contribution is 6.77. The van der Waals surface area contributed by atoms with Crippen molar-refractivity contribution in [2.75, 3.05) is 6.61 Å². The Hall–Kier alpha value is -0.423. The van der Waals surface area contributed by atoms with Crippen LogP contribution in [0.2, 0.25) is 16.6 Å². The van der Waals surface area contributed by atoms with Crippen LogP contribution < -0.4 is 0 Å². The van der Waals surface area contributed by atoms with Gasteiger partial charge >= 0.3 is 0 Å². The standard InChI is InChI=1S/C16H30O5Si/c1-8-16(19)13(21-15(18)14(16)17)9-20-22(10(2)3,11(4)5)12(6)7/h1,10-15,17-19H,9H2,2-7H3/t13-,14+,15-,16-/m1/s1. The van der Waals surface area contributed by atoms with Gasteiger partial charge in [0.1, 0.15) is 12.2 Å². The summed E-state index contributed by atoms with van der Waals surface area (Å²) in [5, 5.41) is 29.8. The van der Waals surface area contributed by atoms with Crippen molar-refractivity contribution in [3.05, 3.63) is 0 Å². The number of ether oxygens (including phenoxy) is 1. The van der Waals surface area contributed by atoms with Crippen molar-refractivity contribution in [2.45, 2.75) is 82.3 Å². The van der Waals surface area contributed by atoms with Gasteiger partial charge in [-0.15, -0.1) is 6.42 Å². The second-order valence-corrected chi connectivity index (χ2v) is 12.5. The highest BCUT2D eigenvalue weighted by Gasteiger charge is 2.55. The Bertz CT molecular complexity index is 395. The molecule has 0 unspecified atom stereocenters. The van der Waals surface area contributed by atoms with Gasteiger partial charge in [0.2, 0.25) is 0 Å². The fourth-order valence-corrected chi connectivity index (χ4v) is 9.26. The largest absolute Gasteiger partial charge is 0.413 e. The van der Waals surface area contributed by atoms with Gasteiger partial charge in [0.25, 0.3) is 0 Å². The van der Waals surface area contributed by atoms with Crippen molar-refractivity contribution >= 4 is 8.32 Å². The normalized spacial score (nSPS) is 33.0. The average Bonchev–Trinajstić information content (AvgIpc) is 2.63. The van der Waals surface area contributed by atoms with Gasteiger partial charge in [-0.1, -0.05) is 47.5 Å². The van der Waals surface area contributed by atoms with E-state index in [2.05, 4.69) is 47.5 Å². The van der Waals surface area contributed by atoms with Crippen LogP contribution in [0.1, 0.15) is 41.5 Å². The van der Waals surface area contributed by atoms with E-state index in [4.69, 9.17) is 15.6 Å². The highest BCUT2D eigenvalue weighted by Crippen LogP contribution is 2.43. The van der Waals surface area contributed by atoms with Crippen molar-refractivity contribution in [3.63, 3.8) is 0 Å². The van der Waals surface area contributed by atoms with E-state index in [1.807, 2.05) is 0 Å². The minimum Gasteiger partial charge on any atom is -0.413 e. The lowest BCUT2D eigenvalue weighted by molar-refractivity contribution is -0.132. The number of hydrogen-bond donors (Lipinski definition) is 3. The Labute approximate surface area is 134 Å². The lowest BCUT2D eigenvalue weighted by Crippen LogP contribution is -2.53. The molecule has 1 heterocycles. The zero-order chi connectivity index (χ0) is 17.3. The average molecular weight is 330 g/mol. The lowest BCUT2D eigenvalue weighted by Gasteiger charge is -2.43. The third-order valence-electron chi connectivity index (χ3n) is 4.94. The van der Waals surface area contributed by atoms with Crippen LogP contribution >= 0.6 is 0 Å². The van der Waals surface area contributed by atoms with Crippen molar-refractivity contribution in [2.24, 2.45) is 0 Å². The van der Waals surface area contributed by atoms with Crippen LogP contribution in [0.3, 0.4) is 0 Å². The fourth-order valence-electron chi connectivity index (χ4n) is 3.82. The molecular weight excluding hydrogens is 300 g/mol.